The third-order valence-electron chi connectivity index (χ3n) is 3.49. The van der Waals surface area contributed by atoms with E-state index in [1.165, 1.54) is 4.31 Å². The first-order valence-corrected chi connectivity index (χ1v) is 8.23. The molecule has 1 N–H and O–H groups in total. The minimum absolute atomic E-state index is 0.126. The zero-order valence-electron chi connectivity index (χ0n) is 12.0. The van der Waals surface area contributed by atoms with Gasteiger partial charge in [0.15, 0.2) is 0 Å². The molecule has 0 spiro atoms. The summed E-state index contributed by atoms with van der Waals surface area (Å²) in [4.78, 5) is 0. The fraction of sp³-hybridized carbons (Fsp3) is 1.00. The zero-order chi connectivity index (χ0) is 13.8. The van der Waals surface area contributed by atoms with Gasteiger partial charge in [0.2, 0.25) is 0 Å². The van der Waals surface area contributed by atoms with Gasteiger partial charge in [0.05, 0.1) is 0 Å². The largest absolute Gasteiger partial charge is 0.317 e. The maximum absolute atomic E-state index is 12.4. The molecule has 1 fully saturated rings. The Balaban J connectivity index is 2.52. The van der Waals surface area contributed by atoms with Crippen LogP contribution in [0.2, 0.25) is 0 Å². The van der Waals surface area contributed by atoms with Gasteiger partial charge in [-0.1, -0.05) is 13.8 Å². The highest BCUT2D eigenvalue weighted by Crippen LogP contribution is 2.26. The molecular formula is C12H27N3O2S. The van der Waals surface area contributed by atoms with Crippen LogP contribution >= 0.6 is 0 Å². The van der Waals surface area contributed by atoms with Gasteiger partial charge in [-0.2, -0.15) is 17.0 Å². The highest BCUT2D eigenvalue weighted by atomic mass is 32.2. The Morgan fingerprint density at radius 3 is 2.56 bits per heavy atom. The number of rotatable bonds is 7. The molecule has 0 radical (unpaired) electrons. The van der Waals surface area contributed by atoms with Crippen molar-refractivity contribution in [3.05, 3.63) is 0 Å². The summed E-state index contributed by atoms with van der Waals surface area (Å²) < 4.78 is 27.9. The van der Waals surface area contributed by atoms with Crippen LogP contribution in [-0.2, 0) is 10.2 Å². The van der Waals surface area contributed by atoms with E-state index in [0.29, 0.717) is 19.0 Å². The van der Waals surface area contributed by atoms with Crippen LogP contribution in [0.4, 0.5) is 0 Å². The second-order valence-electron chi connectivity index (χ2n) is 5.30. The van der Waals surface area contributed by atoms with Gasteiger partial charge in [-0.05, 0) is 38.8 Å². The molecule has 1 aliphatic heterocycles. The van der Waals surface area contributed by atoms with E-state index < -0.39 is 10.2 Å². The molecule has 1 aliphatic rings. The fourth-order valence-corrected chi connectivity index (χ4v) is 4.18. The molecule has 0 aliphatic carbocycles. The normalized spacial score (nSPS) is 26.1. The summed E-state index contributed by atoms with van der Waals surface area (Å²) in [6.07, 6.45) is 1.81. The third-order valence-corrected chi connectivity index (χ3v) is 5.57. The van der Waals surface area contributed by atoms with Crippen LogP contribution in [-0.4, -0.2) is 56.3 Å². The lowest BCUT2D eigenvalue weighted by atomic mass is 10.1. The maximum atomic E-state index is 12.4. The molecule has 1 saturated heterocycles. The lowest BCUT2D eigenvalue weighted by molar-refractivity contribution is 0.350. The van der Waals surface area contributed by atoms with Crippen molar-refractivity contribution in [1.29, 1.82) is 0 Å². The van der Waals surface area contributed by atoms with Crippen LogP contribution in [0.25, 0.3) is 0 Å². The van der Waals surface area contributed by atoms with Crippen molar-refractivity contribution in [2.24, 2.45) is 5.92 Å². The van der Waals surface area contributed by atoms with E-state index in [4.69, 9.17) is 0 Å². The summed E-state index contributed by atoms with van der Waals surface area (Å²) in [5.41, 5.74) is 0. The van der Waals surface area contributed by atoms with Crippen LogP contribution in [0.1, 0.15) is 33.6 Å². The van der Waals surface area contributed by atoms with Crippen molar-refractivity contribution in [2.45, 2.75) is 39.7 Å². The van der Waals surface area contributed by atoms with Gasteiger partial charge in [0.25, 0.3) is 10.2 Å². The van der Waals surface area contributed by atoms with Gasteiger partial charge in [0.1, 0.15) is 0 Å². The van der Waals surface area contributed by atoms with Crippen LogP contribution < -0.4 is 5.32 Å². The van der Waals surface area contributed by atoms with Crippen LogP contribution in [0.3, 0.4) is 0 Å². The summed E-state index contributed by atoms with van der Waals surface area (Å²) in [7, 11) is -1.59. The first-order chi connectivity index (χ1) is 8.39. The molecule has 2 unspecified atom stereocenters. The molecule has 5 nitrogen and oxygen atoms in total. The van der Waals surface area contributed by atoms with Crippen molar-refractivity contribution in [3.8, 4) is 0 Å². The van der Waals surface area contributed by atoms with Crippen LogP contribution in [0.5, 0.6) is 0 Å². The van der Waals surface area contributed by atoms with E-state index in [0.717, 1.165) is 25.9 Å². The molecule has 0 aromatic rings. The summed E-state index contributed by atoms with van der Waals surface area (Å²) in [5, 5.41) is 3.21. The maximum Gasteiger partial charge on any atom is 0.281 e. The van der Waals surface area contributed by atoms with E-state index in [-0.39, 0.29) is 6.04 Å². The number of hydrogen-bond donors (Lipinski definition) is 1. The van der Waals surface area contributed by atoms with Crippen LogP contribution in [0.15, 0.2) is 0 Å². The second kappa shape index (κ2) is 6.84. The Bertz CT molecular complexity index is 345. The lowest BCUT2D eigenvalue weighted by Crippen LogP contribution is -2.44. The van der Waals surface area contributed by atoms with Gasteiger partial charge >= 0.3 is 0 Å². The standard InChI is InChI=1S/C12H27N3O2S/c1-5-13-7-6-8-14(4)18(16,17)15-10-11(2)9-12(15)3/h11-13H,5-10H2,1-4H3. The zero-order valence-corrected chi connectivity index (χ0v) is 12.8. The Labute approximate surface area is 112 Å². The van der Waals surface area contributed by atoms with E-state index in [9.17, 15) is 8.42 Å². The van der Waals surface area contributed by atoms with Crippen LogP contribution in [0, 0.1) is 5.92 Å². The first-order valence-electron chi connectivity index (χ1n) is 6.83. The molecule has 6 heteroatoms. The number of nitrogens with one attached hydrogen (secondary N) is 1. The molecule has 2 atom stereocenters. The molecule has 1 rings (SSSR count). The highest BCUT2D eigenvalue weighted by Gasteiger charge is 2.37. The summed E-state index contributed by atoms with van der Waals surface area (Å²) >= 11 is 0. The molecular weight excluding hydrogens is 250 g/mol. The van der Waals surface area contributed by atoms with Gasteiger partial charge in [0, 0.05) is 26.2 Å². The monoisotopic (exact) mass is 277 g/mol. The predicted molar refractivity (Wildman–Crippen MR) is 74.7 cm³/mol. The number of hydrogen-bond acceptors (Lipinski definition) is 3. The van der Waals surface area contributed by atoms with E-state index in [1.807, 2.05) is 13.8 Å². The van der Waals surface area contributed by atoms with Gasteiger partial charge in [-0.15, -0.1) is 0 Å². The van der Waals surface area contributed by atoms with Crippen molar-refractivity contribution < 1.29 is 8.42 Å². The summed E-state index contributed by atoms with van der Waals surface area (Å²) in [6, 6.07) is 0.126. The van der Waals surface area contributed by atoms with Crippen molar-refractivity contribution >= 4 is 10.2 Å². The Kier molecular flexibility index (Phi) is 6.04. The summed E-state index contributed by atoms with van der Waals surface area (Å²) in [5.74, 6) is 0.463. The Hall–Kier alpha value is -0.170. The topological polar surface area (TPSA) is 52.7 Å². The van der Waals surface area contributed by atoms with Gasteiger partial charge in [-0.25, -0.2) is 0 Å². The fourth-order valence-electron chi connectivity index (χ4n) is 2.48. The van der Waals surface area contributed by atoms with E-state index in [2.05, 4.69) is 12.2 Å². The quantitative estimate of drug-likeness (QED) is 0.703. The SMILES string of the molecule is CCNCCCN(C)S(=O)(=O)N1CC(C)CC1C. The van der Waals surface area contributed by atoms with Crippen molar-refractivity contribution in [2.75, 3.05) is 33.2 Å². The van der Waals surface area contributed by atoms with Gasteiger partial charge < -0.3 is 5.32 Å². The Morgan fingerprint density at radius 1 is 1.39 bits per heavy atom. The molecule has 18 heavy (non-hydrogen) atoms. The molecule has 0 saturated carbocycles. The lowest BCUT2D eigenvalue weighted by Gasteiger charge is -2.27. The molecule has 108 valence electrons. The second-order valence-corrected chi connectivity index (χ2v) is 7.28. The van der Waals surface area contributed by atoms with E-state index >= 15 is 0 Å². The highest BCUT2D eigenvalue weighted by molar-refractivity contribution is 7.86. The molecule has 0 aromatic carbocycles. The first kappa shape index (κ1) is 15.9. The molecule has 0 amide bonds. The van der Waals surface area contributed by atoms with E-state index in [1.54, 1.807) is 11.4 Å². The van der Waals surface area contributed by atoms with Crippen molar-refractivity contribution in [1.82, 2.24) is 13.9 Å². The average Bonchev–Trinajstić information content (AvgIpc) is 2.64. The third kappa shape index (κ3) is 3.91. The smallest absolute Gasteiger partial charge is 0.281 e. The minimum atomic E-state index is -3.27. The van der Waals surface area contributed by atoms with Crippen molar-refractivity contribution in [3.63, 3.8) is 0 Å². The molecule has 1 heterocycles. The van der Waals surface area contributed by atoms with Gasteiger partial charge in [-0.3, -0.25) is 0 Å². The predicted octanol–water partition coefficient (Wildman–Crippen LogP) is 0.893. The number of nitrogens with zero attached hydrogens (tertiary/aromatic N) is 2. The Morgan fingerprint density at radius 2 is 2.06 bits per heavy atom. The minimum Gasteiger partial charge on any atom is -0.317 e. The molecule has 0 aromatic heterocycles. The molecule has 0 bridgehead atoms. The average molecular weight is 277 g/mol. The summed E-state index contributed by atoms with van der Waals surface area (Å²) in [6.45, 7) is 9.17.